The van der Waals surface area contributed by atoms with Crippen molar-refractivity contribution >= 4 is 15.5 Å². The van der Waals surface area contributed by atoms with Gasteiger partial charge in [0.1, 0.15) is 5.71 Å². The number of likely N-dealkylation sites (tertiary alicyclic amines) is 1. The maximum atomic E-state index is 13.8. The maximum absolute atomic E-state index is 13.8. The number of aryl methyl sites for hydroxylation is 3. The maximum Gasteiger partial charge on any atom is 0.241 e. The van der Waals surface area contributed by atoms with E-state index in [9.17, 15) is 8.42 Å². The molecule has 2 aromatic rings. The molecule has 0 radical (unpaired) electrons. The highest BCUT2D eigenvalue weighted by atomic mass is 32.2. The highest BCUT2D eigenvalue weighted by Crippen LogP contribution is 2.53. The van der Waals surface area contributed by atoms with E-state index in [0.717, 1.165) is 60.2 Å². The predicted octanol–water partition coefficient (Wildman–Crippen LogP) is 3.84. The third-order valence-corrected chi connectivity index (χ3v) is 8.67. The third-order valence-electron chi connectivity index (χ3n) is 6.54. The molecule has 5 nitrogen and oxygen atoms in total. The van der Waals surface area contributed by atoms with Crippen LogP contribution in [0.5, 0.6) is 0 Å². The minimum atomic E-state index is -3.63. The first-order valence-corrected chi connectivity index (χ1v) is 11.8. The van der Waals surface area contributed by atoms with Crippen LogP contribution in [0.25, 0.3) is 0 Å². The van der Waals surface area contributed by atoms with E-state index in [1.807, 2.05) is 26.0 Å². The molecule has 5 rings (SSSR count). The average Bonchev–Trinajstić information content (AvgIpc) is 3.18. The van der Waals surface area contributed by atoms with Gasteiger partial charge in [-0.15, -0.1) is 0 Å². The molecular weight excluding hydrogens is 384 g/mol. The van der Waals surface area contributed by atoms with Crippen molar-refractivity contribution in [1.29, 1.82) is 0 Å². The molecule has 6 heteroatoms. The van der Waals surface area contributed by atoms with Crippen molar-refractivity contribution in [2.45, 2.75) is 55.9 Å². The molecule has 3 heterocycles. The SMILES string of the molecule is Cc1cc(C)c(C2=NOC3(N4CCCCC4)c4ccccc4S(=O)(=O)C23)c(C)c1. The van der Waals surface area contributed by atoms with Crippen LogP contribution < -0.4 is 0 Å². The second kappa shape index (κ2) is 6.41. The van der Waals surface area contributed by atoms with Crippen molar-refractivity contribution in [3.05, 3.63) is 64.2 Å². The normalized spacial score (nSPS) is 27.8. The number of oxime groups is 1. The van der Waals surface area contributed by atoms with Gasteiger partial charge in [-0.3, -0.25) is 4.90 Å². The monoisotopic (exact) mass is 410 g/mol. The molecule has 29 heavy (non-hydrogen) atoms. The Hall–Kier alpha value is -2.18. The smallest absolute Gasteiger partial charge is 0.241 e. The van der Waals surface area contributed by atoms with Gasteiger partial charge in [0.25, 0.3) is 0 Å². The fourth-order valence-electron chi connectivity index (χ4n) is 5.47. The van der Waals surface area contributed by atoms with E-state index in [-0.39, 0.29) is 0 Å². The predicted molar refractivity (Wildman–Crippen MR) is 113 cm³/mol. The van der Waals surface area contributed by atoms with Crippen LogP contribution >= 0.6 is 0 Å². The summed E-state index contributed by atoms with van der Waals surface area (Å²) >= 11 is 0. The molecule has 0 saturated carbocycles. The van der Waals surface area contributed by atoms with Gasteiger partial charge in [-0.05, 0) is 50.8 Å². The second-order valence-electron chi connectivity index (χ2n) is 8.51. The lowest BCUT2D eigenvalue weighted by atomic mass is 9.88. The van der Waals surface area contributed by atoms with Gasteiger partial charge in [0, 0.05) is 24.2 Å². The quantitative estimate of drug-likeness (QED) is 0.755. The summed E-state index contributed by atoms with van der Waals surface area (Å²) in [7, 11) is -3.63. The number of piperidine rings is 1. The Labute approximate surface area is 172 Å². The van der Waals surface area contributed by atoms with Gasteiger partial charge in [-0.2, -0.15) is 0 Å². The lowest BCUT2D eigenvalue weighted by Crippen LogP contribution is -2.55. The highest BCUT2D eigenvalue weighted by Gasteiger charge is 2.67. The Morgan fingerprint density at radius 3 is 2.38 bits per heavy atom. The number of nitrogens with zero attached hydrogens (tertiary/aromatic N) is 2. The van der Waals surface area contributed by atoms with Crippen molar-refractivity contribution in [2.24, 2.45) is 5.16 Å². The summed E-state index contributed by atoms with van der Waals surface area (Å²) in [4.78, 5) is 8.80. The fraction of sp³-hybridized carbons (Fsp3) is 0.435. The standard InChI is InChI=1S/C23H26N2O3S/c1-15-13-16(2)20(17(3)14-15)21-22-23(28-24-21,25-11-7-4-8-12-25)18-9-5-6-10-19(18)29(22,26)27/h5-6,9-10,13-14,22H,4,7-8,11-12H2,1-3H3. The average molecular weight is 411 g/mol. The molecule has 0 spiro atoms. The number of sulfone groups is 1. The van der Waals surface area contributed by atoms with Gasteiger partial charge in [-0.25, -0.2) is 8.42 Å². The van der Waals surface area contributed by atoms with Crippen molar-refractivity contribution in [2.75, 3.05) is 13.1 Å². The molecule has 0 bridgehead atoms. The molecule has 152 valence electrons. The summed E-state index contributed by atoms with van der Waals surface area (Å²) in [6, 6.07) is 11.5. The Morgan fingerprint density at radius 2 is 1.69 bits per heavy atom. The van der Waals surface area contributed by atoms with Crippen molar-refractivity contribution in [3.63, 3.8) is 0 Å². The number of rotatable bonds is 2. The topological polar surface area (TPSA) is 59.0 Å². The summed E-state index contributed by atoms with van der Waals surface area (Å²) in [5.41, 5.74) is 4.33. The minimum absolute atomic E-state index is 0.380. The Bertz CT molecular complexity index is 1110. The van der Waals surface area contributed by atoms with Crippen LogP contribution in [0.15, 0.2) is 46.4 Å². The van der Waals surface area contributed by atoms with E-state index >= 15 is 0 Å². The van der Waals surface area contributed by atoms with Crippen LogP contribution in [0.4, 0.5) is 0 Å². The minimum Gasteiger partial charge on any atom is -0.366 e. The molecule has 2 atom stereocenters. The summed E-state index contributed by atoms with van der Waals surface area (Å²) < 4.78 is 27.6. The van der Waals surface area contributed by atoms with Gasteiger partial charge in [0.2, 0.25) is 5.72 Å². The van der Waals surface area contributed by atoms with E-state index in [1.165, 1.54) is 0 Å². The van der Waals surface area contributed by atoms with Crippen LogP contribution in [-0.2, 0) is 20.4 Å². The van der Waals surface area contributed by atoms with E-state index in [2.05, 4.69) is 29.1 Å². The van der Waals surface area contributed by atoms with Gasteiger partial charge in [0.05, 0.1) is 4.90 Å². The molecule has 0 aliphatic carbocycles. The summed E-state index contributed by atoms with van der Waals surface area (Å²) in [6.07, 6.45) is 3.24. The zero-order valence-corrected chi connectivity index (χ0v) is 17.9. The van der Waals surface area contributed by atoms with E-state index in [0.29, 0.717) is 10.6 Å². The van der Waals surface area contributed by atoms with Crippen LogP contribution in [0.2, 0.25) is 0 Å². The number of fused-ring (bicyclic) bond motifs is 3. The van der Waals surface area contributed by atoms with Crippen LogP contribution in [0.3, 0.4) is 0 Å². The highest BCUT2D eigenvalue weighted by molar-refractivity contribution is 7.93. The molecule has 0 amide bonds. The van der Waals surface area contributed by atoms with E-state index in [1.54, 1.807) is 12.1 Å². The van der Waals surface area contributed by atoms with Crippen molar-refractivity contribution < 1.29 is 13.3 Å². The first-order valence-electron chi connectivity index (χ1n) is 10.3. The first kappa shape index (κ1) is 18.8. The largest absolute Gasteiger partial charge is 0.366 e. The van der Waals surface area contributed by atoms with Gasteiger partial charge in [-0.1, -0.05) is 47.5 Å². The molecule has 3 aliphatic rings. The molecule has 0 aromatic heterocycles. The molecule has 2 unspecified atom stereocenters. The number of benzene rings is 2. The van der Waals surface area contributed by atoms with Crippen molar-refractivity contribution in [1.82, 2.24) is 4.90 Å². The lowest BCUT2D eigenvalue weighted by Gasteiger charge is -2.40. The lowest BCUT2D eigenvalue weighted by molar-refractivity contribution is -0.148. The Balaban J connectivity index is 1.75. The zero-order chi connectivity index (χ0) is 20.4. The van der Waals surface area contributed by atoms with Crippen LogP contribution in [-0.4, -0.2) is 37.4 Å². The van der Waals surface area contributed by atoms with Gasteiger partial charge in [0.15, 0.2) is 15.1 Å². The number of hydrogen-bond acceptors (Lipinski definition) is 5. The van der Waals surface area contributed by atoms with Gasteiger partial charge < -0.3 is 4.84 Å². The molecule has 2 aromatic carbocycles. The number of hydrogen-bond donors (Lipinski definition) is 0. The zero-order valence-electron chi connectivity index (χ0n) is 17.1. The third kappa shape index (κ3) is 2.48. The molecule has 1 saturated heterocycles. The van der Waals surface area contributed by atoms with Crippen LogP contribution in [0, 0.1) is 20.8 Å². The summed E-state index contributed by atoms with van der Waals surface area (Å²) in [5, 5.41) is 3.64. The molecule has 0 N–H and O–H groups in total. The fourth-order valence-corrected chi connectivity index (χ4v) is 7.70. The molecule has 1 fully saturated rings. The van der Waals surface area contributed by atoms with Crippen molar-refractivity contribution in [3.8, 4) is 0 Å². The summed E-state index contributed by atoms with van der Waals surface area (Å²) in [6.45, 7) is 7.72. The van der Waals surface area contributed by atoms with Gasteiger partial charge >= 0.3 is 0 Å². The first-order chi connectivity index (χ1) is 13.9. The Morgan fingerprint density at radius 1 is 1.03 bits per heavy atom. The summed E-state index contributed by atoms with van der Waals surface area (Å²) in [5.74, 6) is 0. The van der Waals surface area contributed by atoms with E-state index < -0.39 is 20.8 Å². The van der Waals surface area contributed by atoms with Crippen LogP contribution in [0.1, 0.15) is 47.1 Å². The van der Waals surface area contributed by atoms with E-state index in [4.69, 9.17) is 4.84 Å². The second-order valence-corrected chi connectivity index (χ2v) is 10.5. The Kier molecular flexibility index (Phi) is 4.16. The molecular formula is C23H26N2O3S. The molecule has 3 aliphatic heterocycles.